The molecule has 0 aromatic heterocycles. The van der Waals surface area contributed by atoms with E-state index in [9.17, 15) is 0 Å². The predicted molar refractivity (Wildman–Crippen MR) is 46.6 cm³/mol. The third-order valence-electron chi connectivity index (χ3n) is 2.63. The first-order valence-corrected chi connectivity index (χ1v) is 4.67. The number of hydrogen-bond donors (Lipinski definition) is 2. The second kappa shape index (κ2) is 2.46. The first-order chi connectivity index (χ1) is 5.16. The lowest BCUT2D eigenvalue weighted by atomic mass is 10.0. The van der Waals surface area contributed by atoms with Crippen LogP contribution < -0.4 is 10.6 Å². The molecule has 2 aliphatic rings. The molecule has 2 N–H and O–H groups in total. The Kier molecular flexibility index (Phi) is 1.69. The van der Waals surface area contributed by atoms with Crippen LogP contribution in [0.3, 0.4) is 0 Å². The fraction of sp³-hybridized carbons (Fsp3) is 1.00. The van der Waals surface area contributed by atoms with E-state index in [1.807, 2.05) is 0 Å². The summed E-state index contributed by atoms with van der Waals surface area (Å²) in [6.45, 7) is 5.71. The summed E-state index contributed by atoms with van der Waals surface area (Å²) in [5.74, 6) is 0. The molecule has 0 aromatic rings. The highest BCUT2D eigenvalue weighted by molar-refractivity contribution is 4.96. The lowest BCUT2D eigenvalue weighted by Crippen LogP contribution is -2.32. The van der Waals surface area contributed by atoms with Gasteiger partial charge in [-0.05, 0) is 33.1 Å². The van der Waals surface area contributed by atoms with Crippen molar-refractivity contribution in [3.8, 4) is 0 Å². The Labute approximate surface area is 68.7 Å². The van der Waals surface area contributed by atoms with Gasteiger partial charge in [0.05, 0.1) is 0 Å². The maximum atomic E-state index is 3.65. The second-order valence-electron chi connectivity index (χ2n) is 4.61. The fourth-order valence-electron chi connectivity index (χ4n) is 1.86. The van der Waals surface area contributed by atoms with Crippen LogP contribution >= 0.6 is 0 Å². The van der Waals surface area contributed by atoms with E-state index >= 15 is 0 Å². The molecule has 0 spiro atoms. The summed E-state index contributed by atoms with van der Waals surface area (Å²) in [6.07, 6.45) is 4.08. The zero-order valence-electron chi connectivity index (χ0n) is 7.48. The quantitative estimate of drug-likeness (QED) is 0.617. The fourth-order valence-corrected chi connectivity index (χ4v) is 1.86. The van der Waals surface area contributed by atoms with Crippen molar-refractivity contribution in [3.05, 3.63) is 0 Å². The van der Waals surface area contributed by atoms with E-state index in [0.717, 1.165) is 18.6 Å². The van der Waals surface area contributed by atoms with E-state index in [1.54, 1.807) is 0 Å². The van der Waals surface area contributed by atoms with Crippen LogP contribution in [0.5, 0.6) is 0 Å². The van der Waals surface area contributed by atoms with Crippen LogP contribution in [-0.2, 0) is 0 Å². The number of rotatable bonds is 2. The molecular weight excluding hydrogens is 136 g/mol. The molecule has 1 atom stereocenters. The lowest BCUT2D eigenvalue weighted by Gasteiger charge is -2.17. The van der Waals surface area contributed by atoms with E-state index in [2.05, 4.69) is 24.5 Å². The van der Waals surface area contributed by atoms with Crippen LogP contribution in [-0.4, -0.2) is 24.2 Å². The highest BCUT2D eigenvalue weighted by atomic mass is 15.1. The Morgan fingerprint density at radius 2 is 2.00 bits per heavy atom. The van der Waals surface area contributed by atoms with Gasteiger partial charge in [-0.3, -0.25) is 0 Å². The van der Waals surface area contributed by atoms with Crippen molar-refractivity contribution in [1.82, 2.24) is 10.6 Å². The largest absolute Gasteiger partial charge is 0.310 e. The van der Waals surface area contributed by atoms with Crippen LogP contribution in [0.2, 0.25) is 0 Å². The third kappa shape index (κ3) is 1.94. The molecule has 1 saturated heterocycles. The zero-order valence-corrected chi connectivity index (χ0v) is 7.48. The van der Waals surface area contributed by atoms with Gasteiger partial charge in [0.25, 0.3) is 0 Å². The van der Waals surface area contributed by atoms with Crippen LogP contribution in [0.15, 0.2) is 0 Å². The number of nitrogens with one attached hydrogen (secondary N) is 2. The normalized spacial score (nSPS) is 36.0. The molecule has 1 heterocycles. The van der Waals surface area contributed by atoms with Crippen LogP contribution in [0.1, 0.15) is 33.1 Å². The minimum Gasteiger partial charge on any atom is -0.310 e. The standard InChI is InChI=1S/C9H18N2/c1-9(2)5-8(6-10-9)11-7-3-4-7/h7-8,10-11H,3-6H2,1-2H3. The Morgan fingerprint density at radius 1 is 1.27 bits per heavy atom. The first-order valence-electron chi connectivity index (χ1n) is 4.67. The molecule has 2 nitrogen and oxygen atoms in total. The highest BCUT2D eigenvalue weighted by Crippen LogP contribution is 2.24. The van der Waals surface area contributed by atoms with Crippen molar-refractivity contribution in [2.24, 2.45) is 0 Å². The maximum Gasteiger partial charge on any atom is 0.0212 e. The zero-order chi connectivity index (χ0) is 7.90. The first kappa shape index (κ1) is 7.56. The lowest BCUT2D eigenvalue weighted by molar-refractivity contribution is 0.441. The Hall–Kier alpha value is -0.0800. The van der Waals surface area contributed by atoms with Gasteiger partial charge in [0.1, 0.15) is 0 Å². The average Bonchev–Trinajstić information content (AvgIpc) is 2.61. The summed E-state index contributed by atoms with van der Waals surface area (Å²) in [4.78, 5) is 0. The minimum absolute atomic E-state index is 0.368. The molecule has 0 bridgehead atoms. The molecule has 2 rings (SSSR count). The van der Waals surface area contributed by atoms with Crippen molar-refractivity contribution < 1.29 is 0 Å². The summed E-state index contributed by atoms with van der Waals surface area (Å²) in [5.41, 5.74) is 0.368. The minimum atomic E-state index is 0.368. The van der Waals surface area contributed by atoms with Gasteiger partial charge in [-0.2, -0.15) is 0 Å². The van der Waals surface area contributed by atoms with Gasteiger partial charge >= 0.3 is 0 Å². The molecule has 1 saturated carbocycles. The summed E-state index contributed by atoms with van der Waals surface area (Å²) < 4.78 is 0. The molecule has 0 aromatic carbocycles. The topological polar surface area (TPSA) is 24.1 Å². The molecule has 0 radical (unpaired) electrons. The monoisotopic (exact) mass is 154 g/mol. The van der Waals surface area contributed by atoms with Gasteiger partial charge in [0, 0.05) is 24.2 Å². The molecule has 1 aliphatic carbocycles. The van der Waals surface area contributed by atoms with Crippen molar-refractivity contribution in [2.75, 3.05) is 6.54 Å². The molecule has 1 aliphatic heterocycles. The van der Waals surface area contributed by atoms with E-state index in [1.165, 1.54) is 19.3 Å². The van der Waals surface area contributed by atoms with Crippen LogP contribution in [0, 0.1) is 0 Å². The Morgan fingerprint density at radius 3 is 2.45 bits per heavy atom. The number of hydrogen-bond acceptors (Lipinski definition) is 2. The third-order valence-corrected chi connectivity index (χ3v) is 2.63. The highest BCUT2D eigenvalue weighted by Gasteiger charge is 2.33. The predicted octanol–water partition coefficient (Wildman–Crippen LogP) is 0.879. The van der Waals surface area contributed by atoms with Crippen molar-refractivity contribution in [1.29, 1.82) is 0 Å². The van der Waals surface area contributed by atoms with Gasteiger partial charge in [-0.1, -0.05) is 0 Å². The molecule has 11 heavy (non-hydrogen) atoms. The van der Waals surface area contributed by atoms with Gasteiger partial charge in [-0.15, -0.1) is 0 Å². The Balaban J connectivity index is 1.79. The SMILES string of the molecule is CC1(C)CC(NC2CC2)CN1. The summed E-state index contributed by atoms with van der Waals surface area (Å²) in [6, 6.07) is 1.59. The van der Waals surface area contributed by atoms with E-state index < -0.39 is 0 Å². The maximum absolute atomic E-state index is 3.65. The smallest absolute Gasteiger partial charge is 0.0212 e. The van der Waals surface area contributed by atoms with E-state index in [-0.39, 0.29) is 0 Å². The molecule has 2 heteroatoms. The molecule has 1 unspecified atom stereocenters. The Bertz CT molecular complexity index is 150. The molecule has 64 valence electrons. The summed E-state index contributed by atoms with van der Waals surface area (Å²) in [7, 11) is 0. The molecule has 2 fully saturated rings. The molecular formula is C9H18N2. The van der Waals surface area contributed by atoms with Crippen molar-refractivity contribution in [3.63, 3.8) is 0 Å². The second-order valence-corrected chi connectivity index (χ2v) is 4.61. The van der Waals surface area contributed by atoms with Crippen LogP contribution in [0.4, 0.5) is 0 Å². The van der Waals surface area contributed by atoms with E-state index in [0.29, 0.717) is 5.54 Å². The van der Waals surface area contributed by atoms with Crippen molar-refractivity contribution >= 4 is 0 Å². The average molecular weight is 154 g/mol. The molecule has 0 amide bonds. The van der Waals surface area contributed by atoms with Gasteiger partial charge in [0.2, 0.25) is 0 Å². The van der Waals surface area contributed by atoms with Crippen molar-refractivity contribution in [2.45, 2.75) is 50.7 Å². The van der Waals surface area contributed by atoms with Crippen LogP contribution in [0.25, 0.3) is 0 Å². The van der Waals surface area contributed by atoms with Gasteiger partial charge < -0.3 is 10.6 Å². The van der Waals surface area contributed by atoms with Gasteiger partial charge in [0.15, 0.2) is 0 Å². The summed E-state index contributed by atoms with van der Waals surface area (Å²) >= 11 is 0. The van der Waals surface area contributed by atoms with Gasteiger partial charge in [-0.25, -0.2) is 0 Å². The van der Waals surface area contributed by atoms with E-state index in [4.69, 9.17) is 0 Å². The summed E-state index contributed by atoms with van der Waals surface area (Å²) in [5, 5.41) is 7.16.